The van der Waals surface area contributed by atoms with Crippen LogP contribution in [0.4, 0.5) is 5.69 Å². The Morgan fingerprint density at radius 2 is 1.47 bits per heavy atom. The van der Waals surface area contributed by atoms with E-state index < -0.39 is 5.97 Å². The van der Waals surface area contributed by atoms with Gasteiger partial charge in [-0.05, 0) is 93.0 Å². The van der Waals surface area contributed by atoms with Crippen molar-refractivity contribution in [3.63, 3.8) is 0 Å². The minimum Gasteiger partial charge on any atom is -0.550 e. The number of nitrogens with one attached hydrogen (secondary N) is 1. The van der Waals surface area contributed by atoms with Gasteiger partial charge in [0.25, 0.3) is 0 Å². The van der Waals surface area contributed by atoms with E-state index in [1.165, 1.54) is 11.1 Å². The predicted molar refractivity (Wildman–Crippen MR) is 169 cm³/mol. The first-order valence-electron chi connectivity index (χ1n) is 15.2. The van der Waals surface area contributed by atoms with Crippen molar-refractivity contribution in [1.82, 2.24) is 4.57 Å². The Morgan fingerprint density at radius 1 is 0.860 bits per heavy atom. The molecule has 0 aliphatic carbocycles. The van der Waals surface area contributed by atoms with Crippen molar-refractivity contribution in [3.8, 4) is 0 Å². The number of hydrogen-bond acceptors (Lipinski definition) is 4. The standard InChI is InChI=1S/C37H44N2O3.Na/c1-4-35-33(25-32(39(35)3)16-11-17-36(40)41)37(42)31-23-18-27(2)34(24-31)38-26-30(21-19-28-12-7-5-8-13-28)22-20-29-14-9-6-10-15-29;/h5-10,12-15,18,23-25,30,38H,4,11,16-17,19-22,26H2,1-3H3,(H,40,41);/q;+1/p-1. The van der Waals surface area contributed by atoms with Crippen molar-refractivity contribution in [2.75, 3.05) is 11.9 Å². The summed E-state index contributed by atoms with van der Waals surface area (Å²) in [6.45, 7) is 4.96. The summed E-state index contributed by atoms with van der Waals surface area (Å²) in [5, 5.41) is 14.6. The van der Waals surface area contributed by atoms with Gasteiger partial charge < -0.3 is 19.8 Å². The molecule has 0 saturated heterocycles. The summed E-state index contributed by atoms with van der Waals surface area (Å²) in [6, 6.07) is 29.2. The number of hydrogen-bond donors (Lipinski definition) is 1. The summed E-state index contributed by atoms with van der Waals surface area (Å²) in [5.41, 5.74) is 8.13. The molecule has 0 aliphatic rings. The van der Waals surface area contributed by atoms with Crippen LogP contribution in [-0.2, 0) is 37.5 Å². The van der Waals surface area contributed by atoms with Crippen LogP contribution < -0.4 is 40.0 Å². The second-order valence-electron chi connectivity index (χ2n) is 11.3. The number of carbonyl (C=O) groups excluding carboxylic acids is 2. The van der Waals surface area contributed by atoms with Crippen LogP contribution in [0.5, 0.6) is 0 Å². The van der Waals surface area contributed by atoms with Crippen LogP contribution in [0, 0.1) is 12.8 Å². The molecule has 43 heavy (non-hydrogen) atoms. The topological polar surface area (TPSA) is 74.2 Å². The summed E-state index contributed by atoms with van der Waals surface area (Å²) in [6.07, 6.45) is 6.08. The van der Waals surface area contributed by atoms with Crippen LogP contribution in [0.15, 0.2) is 84.9 Å². The molecule has 3 aromatic carbocycles. The van der Waals surface area contributed by atoms with Gasteiger partial charge in [0.05, 0.1) is 0 Å². The third-order valence-corrected chi connectivity index (χ3v) is 8.30. The van der Waals surface area contributed by atoms with E-state index in [4.69, 9.17) is 0 Å². The van der Waals surface area contributed by atoms with E-state index in [2.05, 4.69) is 72.9 Å². The van der Waals surface area contributed by atoms with Crippen LogP contribution in [0.2, 0.25) is 0 Å². The largest absolute Gasteiger partial charge is 1.00 e. The van der Waals surface area contributed by atoms with Gasteiger partial charge in [-0.25, -0.2) is 0 Å². The van der Waals surface area contributed by atoms with Gasteiger partial charge in [-0.2, -0.15) is 0 Å². The van der Waals surface area contributed by atoms with Gasteiger partial charge >= 0.3 is 29.6 Å². The van der Waals surface area contributed by atoms with Crippen molar-refractivity contribution >= 4 is 17.4 Å². The fourth-order valence-electron chi connectivity index (χ4n) is 5.72. The van der Waals surface area contributed by atoms with Gasteiger partial charge in [0, 0.05) is 47.8 Å². The summed E-state index contributed by atoms with van der Waals surface area (Å²) in [7, 11) is 1.96. The van der Waals surface area contributed by atoms with Gasteiger partial charge in [0.2, 0.25) is 0 Å². The maximum absolute atomic E-state index is 13.7. The first-order chi connectivity index (χ1) is 20.4. The molecule has 0 fully saturated rings. The van der Waals surface area contributed by atoms with Crippen molar-refractivity contribution in [3.05, 3.63) is 124 Å². The number of carboxylic acid groups (broad SMARTS) is 1. The number of nitrogens with zero attached hydrogens (tertiary/aromatic N) is 1. The maximum atomic E-state index is 13.7. The van der Waals surface area contributed by atoms with E-state index in [0.717, 1.165) is 61.3 Å². The van der Waals surface area contributed by atoms with Gasteiger partial charge in [-0.3, -0.25) is 4.79 Å². The van der Waals surface area contributed by atoms with Crippen LogP contribution in [0.25, 0.3) is 0 Å². The Morgan fingerprint density at radius 3 is 2.02 bits per heavy atom. The van der Waals surface area contributed by atoms with Crippen LogP contribution in [0.3, 0.4) is 0 Å². The van der Waals surface area contributed by atoms with Gasteiger partial charge in [0.1, 0.15) is 0 Å². The van der Waals surface area contributed by atoms with Crippen LogP contribution in [0.1, 0.15) is 76.6 Å². The zero-order valence-electron chi connectivity index (χ0n) is 26.2. The Bertz CT molecular complexity index is 1420. The molecule has 0 saturated carbocycles. The average Bonchev–Trinajstić information content (AvgIpc) is 3.32. The Hall–Kier alpha value is -3.12. The number of aryl methyl sites for hydroxylation is 4. The molecule has 4 rings (SSSR count). The molecule has 0 bridgehead atoms. The number of carboxylic acids is 1. The number of ketones is 1. The Labute approximate surface area is 279 Å². The van der Waals surface area contributed by atoms with E-state index in [1.807, 2.05) is 42.8 Å². The fourth-order valence-corrected chi connectivity index (χ4v) is 5.72. The summed E-state index contributed by atoms with van der Waals surface area (Å²) in [5.74, 6) is -0.562. The van der Waals surface area contributed by atoms with E-state index in [0.29, 0.717) is 29.9 Å². The van der Waals surface area contributed by atoms with Crippen molar-refractivity contribution in [2.24, 2.45) is 13.0 Å². The molecule has 0 aliphatic heterocycles. The van der Waals surface area contributed by atoms with Gasteiger partial charge in [-0.15, -0.1) is 0 Å². The molecule has 220 valence electrons. The SMILES string of the molecule is CCc1c(C(=O)c2ccc(C)c(NCC(CCc3ccccc3)CCc3ccccc3)c2)cc(CCCC(=O)[O-])n1C.[Na+]. The summed E-state index contributed by atoms with van der Waals surface area (Å²) < 4.78 is 2.04. The number of aromatic nitrogens is 1. The maximum Gasteiger partial charge on any atom is 1.00 e. The van der Waals surface area contributed by atoms with Crippen molar-refractivity contribution < 1.29 is 44.3 Å². The first-order valence-corrected chi connectivity index (χ1v) is 15.2. The van der Waals surface area contributed by atoms with Crippen LogP contribution >= 0.6 is 0 Å². The normalized spacial score (nSPS) is 10.9. The molecule has 0 radical (unpaired) electrons. The van der Waals surface area contributed by atoms with Crippen molar-refractivity contribution in [2.45, 2.75) is 65.2 Å². The molecular weight excluding hydrogens is 543 g/mol. The third-order valence-electron chi connectivity index (χ3n) is 8.30. The predicted octanol–water partition coefficient (Wildman–Crippen LogP) is 3.50. The van der Waals surface area contributed by atoms with Gasteiger partial charge in [-0.1, -0.05) is 79.7 Å². The van der Waals surface area contributed by atoms with E-state index in [1.54, 1.807) is 0 Å². The summed E-state index contributed by atoms with van der Waals surface area (Å²) >= 11 is 0. The number of anilines is 1. The first kappa shape index (κ1) is 34.4. The van der Waals surface area contributed by atoms with E-state index >= 15 is 0 Å². The molecule has 0 amide bonds. The third kappa shape index (κ3) is 9.96. The molecule has 0 unspecified atom stereocenters. The van der Waals surface area contributed by atoms with E-state index in [-0.39, 0.29) is 41.8 Å². The molecule has 5 nitrogen and oxygen atoms in total. The monoisotopic (exact) mass is 586 g/mol. The summed E-state index contributed by atoms with van der Waals surface area (Å²) in [4.78, 5) is 24.6. The molecule has 1 aromatic heterocycles. The average molecular weight is 587 g/mol. The zero-order valence-corrected chi connectivity index (χ0v) is 28.2. The van der Waals surface area contributed by atoms with Crippen LogP contribution in [-0.4, -0.2) is 22.9 Å². The molecule has 4 aromatic rings. The quantitative estimate of drug-likeness (QED) is 0.161. The fraction of sp³-hybridized carbons (Fsp3) is 0.351. The minimum atomic E-state index is -1.04. The number of aliphatic carboxylic acids is 1. The smallest absolute Gasteiger partial charge is 0.550 e. The number of benzene rings is 3. The minimum absolute atomic E-state index is 0. The molecule has 0 atom stereocenters. The Kier molecular flexibility index (Phi) is 13.8. The zero-order chi connectivity index (χ0) is 29.9. The Balaban J connectivity index is 0.00000506. The number of rotatable bonds is 16. The molecular formula is C37H43N2NaO3. The number of carbonyl (C=O) groups is 2. The second kappa shape index (κ2) is 17.2. The van der Waals surface area contributed by atoms with E-state index in [9.17, 15) is 14.7 Å². The molecule has 6 heteroatoms. The molecule has 1 N–H and O–H groups in total. The second-order valence-corrected chi connectivity index (χ2v) is 11.3. The molecule has 1 heterocycles. The van der Waals surface area contributed by atoms with Crippen molar-refractivity contribution in [1.29, 1.82) is 0 Å². The molecule has 0 spiro atoms. The van der Waals surface area contributed by atoms with Gasteiger partial charge in [0.15, 0.2) is 5.78 Å².